The van der Waals surface area contributed by atoms with Gasteiger partial charge in [0.25, 0.3) is 0 Å². The summed E-state index contributed by atoms with van der Waals surface area (Å²) in [4.78, 5) is 15.6. The Bertz CT molecular complexity index is 831. The van der Waals surface area contributed by atoms with Gasteiger partial charge in [-0.2, -0.15) is 0 Å². The van der Waals surface area contributed by atoms with Crippen LogP contribution in [0.1, 0.15) is 15.9 Å². The molecule has 1 aromatic heterocycles. The van der Waals surface area contributed by atoms with Gasteiger partial charge in [0.1, 0.15) is 12.4 Å². The zero-order valence-corrected chi connectivity index (χ0v) is 13.3. The van der Waals surface area contributed by atoms with E-state index in [0.29, 0.717) is 23.8 Å². The molecule has 0 saturated carbocycles. The van der Waals surface area contributed by atoms with E-state index in [4.69, 9.17) is 9.47 Å². The number of methoxy groups -OCH3 is 1. The van der Waals surface area contributed by atoms with Gasteiger partial charge in [0.15, 0.2) is 6.29 Å². The van der Waals surface area contributed by atoms with Crippen molar-refractivity contribution in [1.82, 2.24) is 4.98 Å². The lowest BCUT2D eigenvalue weighted by molar-refractivity contribution is 0.112. The summed E-state index contributed by atoms with van der Waals surface area (Å²) in [5.41, 5.74) is 3.19. The molecule has 0 saturated heterocycles. The molecule has 24 heavy (non-hydrogen) atoms. The second-order valence-electron chi connectivity index (χ2n) is 5.20. The van der Waals surface area contributed by atoms with Crippen LogP contribution in [-0.2, 0) is 6.61 Å². The summed E-state index contributed by atoms with van der Waals surface area (Å²) >= 11 is 0. The molecular weight excluding hydrogens is 302 g/mol. The minimum Gasteiger partial charge on any atom is -0.488 e. The van der Waals surface area contributed by atoms with Crippen molar-refractivity contribution in [2.75, 3.05) is 7.11 Å². The van der Waals surface area contributed by atoms with E-state index in [2.05, 4.69) is 4.98 Å². The van der Waals surface area contributed by atoms with Gasteiger partial charge < -0.3 is 9.47 Å². The lowest BCUT2D eigenvalue weighted by atomic mass is 10.00. The number of benzene rings is 2. The lowest BCUT2D eigenvalue weighted by Crippen LogP contribution is -1.99. The maximum atomic E-state index is 11.5. The first-order chi connectivity index (χ1) is 11.8. The highest BCUT2D eigenvalue weighted by Gasteiger charge is 2.13. The molecule has 0 aliphatic carbocycles. The molecule has 120 valence electrons. The Morgan fingerprint density at radius 1 is 1.04 bits per heavy atom. The van der Waals surface area contributed by atoms with Gasteiger partial charge in [0.2, 0.25) is 5.88 Å². The number of aromatic nitrogens is 1. The van der Waals surface area contributed by atoms with Crippen LogP contribution in [0.15, 0.2) is 66.9 Å². The third-order valence-electron chi connectivity index (χ3n) is 3.66. The monoisotopic (exact) mass is 319 g/mol. The summed E-state index contributed by atoms with van der Waals surface area (Å²) in [5, 5.41) is 0. The second-order valence-corrected chi connectivity index (χ2v) is 5.20. The summed E-state index contributed by atoms with van der Waals surface area (Å²) in [6.45, 7) is 0.429. The fourth-order valence-corrected chi connectivity index (χ4v) is 2.49. The van der Waals surface area contributed by atoms with Crippen LogP contribution < -0.4 is 9.47 Å². The van der Waals surface area contributed by atoms with Crippen LogP contribution in [0.3, 0.4) is 0 Å². The Hall–Kier alpha value is -3.14. The molecule has 0 unspecified atom stereocenters. The number of aldehydes is 1. The van der Waals surface area contributed by atoms with Crippen LogP contribution >= 0.6 is 0 Å². The van der Waals surface area contributed by atoms with E-state index in [-0.39, 0.29) is 0 Å². The zero-order valence-electron chi connectivity index (χ0n) is 13.3. The van der Waals surface area contributed by atoms with Crippen molar-refractivity contribution in [1.29, 1.82) is 0 Å². The minimum absolute atomic E-state index is 0.429. The van der Waals surface area contributed by atoms with Crippen molar-refractivity contribution in [2.24, 2.45) is 0 Å². The summed E-state index contributed by atoms with van der Waals surface area (Å²) in [6.07, 6.45) is 2.48. The third kappa shape index (κ3) is 3.43. The largest absolute Gasteiger partial charge is 0.488 e. The fraction of sp³-hybridized carbons (Fsp3) is 0.100. The maximum absolute atomic E-state index is 11.5. The van der Waals surface area contributed by atoms with Gasteiger partial charge >= 0.3 is 0 Å². The summed E-state index contributed by atoms with van der Waals surface area (Å²) in [6, 6.07) is 19.0. The van der Waals surface area contributed by atoms with Gasteiger partial charge in [-0.1, -0.05) is 42.5 Å². The van der Waals surface area contributed by atoms with Crippen LogP contribution in [0, 0.1) is 0 Å². The fourth-order valence-electron chi connectivity index (χ4n) is 2.49. The molecule has 4 nitrogen and oxygen atoms in total. The van der Waals surface area contributed by atoms with Crippen LogP contribution in [0.2, 0.25) is 0 Å². The number of pyridine rings is 1. The molecule has 2 aromatic carbocycles. The van der Waals surface area contributed by atoms with Gasteiger partial charge in [0, 0.05) is 23.4 Å². The highest BCUT2D eigenvalue weighted by molar-refractivity contribution is 5.90. The Labute approximate surface area is 140 Å². The summed E-state index contributed by atoms with van der Waals surface area (Å²) in [5.74, 6) is 1.14. The first kappa shape index (κ1) is 15.7. The van der Waals surface area contributed by atoms with E-state index in [1.54, 1.807) is 25.4 Å². The molecular formula is C20H17NO3. The van der Waals surface area contributed by atoms with Crippen molar-refractivity contribution >= 4 is 6.29 Å². The minimum atomic E-state index is 0.429. The number of carbonyl (C=O) groups is 1. The second kappa shape index (κ2) is 7.42. The molecule has 1 heterocycles. The normalized spacial score (nSPS) is 10.2. The van der Waals surface area contributed by atoms with Crippen molar-refractivity contribution in [3.05, 3.63) is 78.0 Å². The molecule has 0 radical (unpaired) electrons. The quantitative estimate of drug-likeness (QED) is 0.640. The summed E-state index contributed by atoms with van der Waals surface area (Å²) < 4.78 is 11.2. The number of nitrogens with zero attached hydrogens (tertiary/aromatic N) is 1. The molecule has 4 heteroatoms. The first-order valence-electron chi connectivity index (χ1n) is 7.57. The number of ether oxygens (including phenoxy) is 2. The smallest absolute Gasteiger partial charge is 0.213 e. The van der Waals surface area contributed by atoms with Crippen molar-refractivity contribution in [3.8, 4) is 22.8 Å². The number of rotatable bonds is 6. The molecule has 3 rings (SSSR count). The summed E-state index contributed by atoms with van der Waals surface area (Å²) in [7, 11) is 1.56. The molecule has 0 atom stereocenters. The SMILES string of the molecule is COc1cc(-c2c(C=O)cccc2OCc2ccccc2)ccn1. The molecule has 0 spiro atoms. The molecule has 0 bridgehead atoms. The standard InChI is InChI=1S/C20H17NO3/c1-23-19-12-16(10-11-21-19)20-17(13-22)8-5-9-18(20)24-14-15-6-3-2-4-7-15/h2-13H,14H2,1H3. The van der Waals surface area contributed by atoms with Gasteiger partial charge in [0.05, 0.1) is 7.11 Å². The van der Waals surface area contributed by atoms with Crippen LogP contribution in [-0.4, -0.2) is 18.4 Å². The van der Waals surface area contributed by atoms with Crippen molar-refractivity contribution in [2.45, 2.75) is 6.61 Å². The van der Waals surface area contributed by atoms with Crippen LogP contribution in [0.4, 0.5) is 0 Å². The van der Waals surface area contributed by atoms with E-state index in [9.17, 15) is 4.79 Å². The molecule has 0 aliphatic heterocycles. The van der Waals surface area contributed by atoms with Gasteiger partial charge in [-0.25, -0.2) is 4.98 Å². The molecule has 0 N–H and O–H groups in total. The van der Waals surface area contributed by atoms with E-state index in [1.807, 2.05) is 48.5 Å². The average molecular weight is 319 g/mol. The van der Waals surface area contributed by atoms with Crippen LogP contribution in [0.25, 0.3) is 11.1 Å². The van der Waals surface area contributed by atoms with E-state index >= 15 is 0 Å². The molecule has 0 amide bonds. The van der Waals surface area contributed by atoms with Crippen LogP contribution in [0.5, 0.6) is 11.6 Å². The predicted molar refractivity (Wildman–Crippen MR) is 92.4 cm³/mol. The van der Waals surface area contributed by atoms with Crippen molar-refractivity contribution < 1.29 is 14.3 Å². The highest BCUT2D eigenvalue weighted by Crippen LogP contribution is 2.34. The average Bonchev–Trinajstić information content (AvgIpc) is 2.66. The Balaban J connectivity index is 1.98. The predicted octanol–water partition coefficient (Wildman–Crippen LogP) is 4.15. The molecule has 0 fully saturated rings. The topological polar surface area (TPSA) is 48.4 Å². The van der Waals surface area contributed by atoms with E-state index < -0.39 is 0 Å². The number of carbonyl (C=O) groups excluding carboxylic acids is 1. The van der Waals surface area contributed by atoms with Gasteiger partial charge in [-0.3, -0.25) is 4.79 Å². The third-order valence-corrected chi connectivity index (χ3v) is 3.66. The van der Waals surface area contributed by atoms with E-state index in [1.165, 1.54) is 0 Å². The Morgan fingerprint density at radius 3 is 2.62 bits per heavy atom. The Morgan fingerprint density at radius 2 is 1.88 bits per heavy atom. The number of hydrogen-bond donors (Lipinski definition) is 0. The number of hydrogen-bond acceptors (Lipinski definition) is 4. The Kier molecular flexibility index (Phi) is 4.87. The van der Waals surface area contributed by atoms with Gasteiger partial charge in [-0.05, 0) is 23.3 Å². The molecule has 0 aliphatic rings. The van der Waals surface area contributed by atoms with Crippen molar-refractivity contribution in [3.63, 3.8) is 0 Å². The molecule has 3 aromatic rings. The zero-order chi connectivity index (χ0) is 16.8. The first-order valence-corrected chi connectivity index (χ1v) is 7.57. The van der Waals surface area contributed by atoms with Gasteiger partial charge in [-0.15, -0.1) is 0 Å². The maximum Gasteiger partial charge on any atom is 0.213 e. The van der Waals surface area contributed by atoms with E-state index in [0.717, 1.165) is 23.0 Å². The lowest BCUT2D eigenvalue weighted by Gasteiger charge is -2.14. The highest BCUT2D eigenvalue weighted by atomic mass is 16.5.